The highest BCUT2D eigenvalue weighted by molar-refractivity contribution is 9.10. The summed E-state index contributed by atoms with van der Waals surface area (Å²) in [4.78, 5) is 9.03. The minimum Gasteiger partial charge on any atom is -0.457 e. The van der Waals surface area contributed by atoms with E-state index in [1.807, 2.05) is 42.6 Å². The molecule has 2 aliphatic heterocycles. The first kappa shape index (κ1) is 21.1. The molecule has 166 valence electrons. The Balaban J connectivity index is 1.25. The van der Waals surface area contributed by atoms with Crippen LogP contribution in [0.4, 0.5) is 17.1 Å². The molecule has 0 radical (unpaired) electrons. The highest BCUT2D eigenvalue weighted by Crippen LogP contribution is 2.37. The summed E-state index contributed by atoms with van der Waals surface area (Å²) in [5, 5.41) is 7.04. The third-order valence-corrected chi connectivity index (χ3v) is 6.22. The summed E-state index contributed by atoms with van der Waals surface area (Å²) in [6, 6.07) is 18.2. The molecule has 2 aromatic carbocycles. The van der Waals surface area contributed by atoms with Gasteiger partial charge < -0.3 is 25.0 Å². The highest BCUT2D eigenvalue weighted by Gasteiger charge is 2.26. The number of aromatic nitrogens is 1. The predicted octanol–water partition coefficient (Wildman–Crippen LogP) is 4.73. The molecule has 1 saturated heterocycles. The number of rotatable bonds is 6. The van der Waals surface area contributed by atoms with Gasteiger partial charge >= 0.3 is 0 Å². The van der Waals surface area contributed by atoms with Crippen molar-refractivity contribution in [3.8, 4) is 11.5 Å². The van der Waals surface area contributed by atoms with E-state index in [-0.39, 0.29) is 6.29 Å². The number of nitrogens with one attached hydrogen (secondary N) is 2. The van der Waals surface area contributed by atoms with Crippen molar-refractivity contribution in [2.45, 2.75) is 12.8 Å². The summed E-state index contributed by atoms with van der Waals surface area (Å²) in [5.41, 5.74) is 4.20. The molecule has 2 N–H and O–H groups in total. The Morgan fingerprint density at radius 2 is 1.88 bits per heavy atom. The van der Waals surface area contributed by atoms with Crippen molar-refractivity contribution in [2.24, 2.45) is 0 Å². The second kappa shape index (κ2) is 9.36. The molecule has 1 atom stereocenters. The lowest BCUT2D eigenvalue weighted by Gasteiger charge is -2.26. The van der Waals surface area contributed by atoms with Gasteiger partial charge in [0, 0.05) is 55.2 Å². The standard InChI is InChI=1S/C24H26BrN5O2/c1-29-23-7-6-20(15-22(23)28-24(29)27-18-4-2-17(25)3-5-18)32-21-8-9-26-19(14-21)16-30-10-12-31-13-11-30/h2-9,14-15,24,27-28H,10-13,16H2,1H3. The second-order valence-electron chi connectivity index (χ2n) is 7.96. The van der Waals surface area contributed by atoms with E-state index in [2.05, 4.69) is 66.6 Å². The van der Waals surface area contributed by atoms with Gasteiger partial charge in [-0.3, -0.25) is 9.88 Å². The van der Waals surface area contributed by atoms with Crippen LogP contribution in [0.15, 0.2) is 65.3 Å². The molecule has 1 aromatic heterocycles. The SMILES string of the molecule is CN1c2ccc(Oc3ccnc(CN4CCOCC4)c3)cc2NC1Nc1ccc(Br)cc1. The molecular weight excluding hydrogens is 470 g/mol. The van der Waals surface area contributed by atoms with Crippen molar-refractivity contribution < 1.29 is 9.47 Å². The smallest absolute Gasteiger partial charge is 0.176 e. The van der Waals surface area contributed by atoms with Crippen LogP contribution < -0.4 is 20.3 Å². The number of nitrogens with zero attached hydrogens (tertiary/aromatic N) is 3. The van der Waals surface area contributed by atoms with Crippen LogP contribution in [-0.2, 0) is 11.3 Å². The zero-order chi connectivity index (χ0) is 21.9. The maximum atomic E-state index is 6.17. The highest BCUT2D eigenvalue weighted by atomic mass is 79.9. The average molecular weight is 496 g/mol. The first-order valence-corrected chi connectivity index (χ1v) is 11.5. The molecule has 3 heterocycles. The molecule has 8 heteroatoms. The van der Waals surface area contributed by atoms with Gasteiger partial charge in [-0.1, -0.05) is 15.9 Å². The Labute approximate surface area is 196 Å². The lowest BCUT2D eigenvalue weighted by atomic mass is 10.2. The van der Waals surface area contributed by atoms with E-state index in [9.17, 15) is 0 Å². The van der Waals surface area contributed by atoms with Crippen LogP contribution >= 0.6 is 15.9 Å². The number of halogens is 1. The molecule has 0 bridgehead atoms. The van der Waals surface area contributed by atoms with Gasteiger partial charge in [0.2, 0.25) is 0 Å². The molecule has 0 spiro atoms. The normalized spacial score (nSPS) is 18.2. The molecule has 32 heavy (non-hydrogen) atoms. The van der Waals surface area contributed by atoms with E-state index < -0.39 is 0 Å². The van der Waals surface area contributed by atoms with E-state index >= 15 is 0 Å². The van der Waals surface area contributed by atoms with Gasteiger partial charge in [0.1, 0.15) is 11.5 Å². The average Bonchev–Trinajstić information content (AvgIpc) is 3.11. The number of morpholine rings is 1. The summed E-state index contributed by atoms with van der Waals surface area (Å²) in [5.74, 6) is 1.58. The lowest BCUT2D eigenvalue weighted by Crippen LogP contribution is -2.39. The Kier molecular flexibility index (Phi) is 6.16. The van der Waals surface area contributed by atoms with Crippen molar-refractivity contribution >= 4 is 33.0 Å². The van der Waals surface area contributed by atoms with Crippen LogP contribution in [0.3, 0.4) is 0 Å². The monoisotopic (exact) mass is 495 g/mol. The van der Waals surface area contributed by atoms with Crippen molar-refractivity contribution in [1.29, 1.82) is 0 Å². The summed E-state index contributed by atoms with van der Waals surface area (Å²) < 4.78 is 12.7. The largest absolute Gasteiger partial charge is 0.457 e. The first-order chi connectivity index (χ1) is 15.6. The van der Waals surface area contributed by atoms with Crippen LogP contribution in [-0.4, -0.2) is 49.5 Å². The quantitative estimate of drug-likeness (QED) is 0.512. The Bertz CT molecular complexity index is 1070. The zero-order valence-corrected chi connectivity index (χ0v) is 19.5. The fourth-order valence-corrected chi connectivity index (χ4v) is 4.22. The zero-order valence-electron chi connectivity index (χ0n) is 17.9. The molecule has 1 unspecified atom stereocenters. The van der Waals surface area contributed by atoms with E-state index in [1.165, 1.54) is 0 Å². The molecule has 1 fully saturated rings. The van der Waals surface area contributed by atoms with Gasteiger partial charge in [-0.2, -0.15) is 0 Å². The van der Waals surface area contributed by atoms with Crippen LogP contribution in [0.5, 0.6) is 11.5 Å². The van der Waals surface area contributed by atoms with Gasteiger partial charge in [0.15, 0.2) is 6.29 Å². The van der Waals surface area contributed by atoms with Crippen LogP contribution in [0, 0.1) is 0 Å². The predicted molar refractivity (Wildman–Crippen MR) is 130 cm³/mol. The molecular formula is C24H26BrN5O2. The van der Waals surface area contributed by atoms with Crippen LogP contribution in [0.1, 0.15) is 5.69 Å². The van der Waals surface area contributed by atoms with Crippen molar-refractivity contribution in [1.82, 2.24) is 9.88 Å². The molecule has 0 saturated carbocycles. The molecule has 0 aliphatic carbocycles. The van der Waals surface area contributed by atoms with Crippen LogP contribution in [0.2, 0.25) is 0 Å². The third-order valence-electron chi connectivity index (χ3n) is 5.69. The molecule has 0 amide bonds. The van der Waals surface area contributed by atoms with E-state index in [0.29, 0.717) is 0 Å². The topological polar surface area (TPSA) is 61.9 Å². The number of pyridine rings is 1. The number of benzene rings is 2. The lowest BCUT2D eigenvalue weighted by molar-refractivity contribution is 0.0336. The van der Waals surface area contributed by atoms with E-state index in [1.54, 1.807) is 0 Å². The van der Waals surface area contributed by atoms with Gasteiger partial charge in [0.05, 0.1) is 30.3 Å². The number of hydrogen-bond acceptors (Lipinski definition) is 7. The Morgan fingerprint density at radius 3 is 2.69 bits per heavy atom. The third kappa shape index (κ3) is 4.82. The van der Waals surface area contributed by atoms with E-state index in [4.69, 9.17) is 9.47 Å². The first-order valence-electron chi connectivity index (χ1n) is 10.7. The Morgan fingerprint density at radius 1 is 1.09 bits per heavy atom. The van der Waals surface area contributed by atoms with E-state index in [0.717, 1.165) is 71.6 Å². The molecule has 5 rings (SSSR count). The second-order valence-corrected chi connectivity index (χ2v) is 8.88. The maximum absolute atomic E-state index is 6.17. The Hall–Kier alpha value is -2.81. The summed E-state index contributed by atoms with van der Waals surface area (Å²) in [6.07, 6.45) is 1.77. The maximum Gasteiger partial charge on any atom is 0.176 e. The van der Waals surface area contributed by atoms with Crippen molar-refractivity contribution in [3.63, 3.8) is 0 Å². The molecule has 7 nitrogen and oxygen atoms in total. The number of hydrogen-bond donors (Lipinski definition) is 2. The fraction of sp³-hybridized carbons (Fsp3) is 0.292. The summed E-state index contributed by atoms with van der Waals surface area (Å²) in [6.45, 7) is 4.24. The van der Waals surface area contributed by atoms with Gasteiger partial charge in [-0.15, -0.1) is 0 Å². The van der Waals surface area contributed by atoms with Gasteiger partial charge in [-0.25, -0.2) is 0 Å². The van der Waals surface area contributed by atoms with Crippen molar-refractivity contribution in [2.75, 3.05) is 48.9 Å². The van der Waals surface area contributed by atoms with Crippen molar-refractivity contribution in [3.05, 3.63) is 71.0 Å². The summed E-state index contributed by atoms with van der Waals surface area (Å²) >= 11 is 3.48. The van der Waals surface area contributed by atoms with Crippen LogP contribution in [0.25, 0.3) is 0 Å². The number of anilines is 3. The number of fused-ring (bicyclic) bond motifs is 1. The van der Waals surface area contributed by atoms with Gasteiger partial charge in [0.25, 0.3) is 0 Å². The minimum atomic E-state index is -0.0394. The minimum absolute atomic E-state index is 0.0394. The molecule has 2 aliphatic rings. The van der Waals surface area contributed by atoms with Gasteiger partial charge in [-0.05, 0) is 42.5 Å². The summed E-state index contributed by atoms with van der Waals surface area (Å²) in [7, 11) is 2.07. The fourth-order valence-electron chi connectivity index (χ4n) is 3.95. The number of ether oxygens (including phenoxy) is 2. The molecule has 3 aromatic rings.